The molecule has 1 unspecified atom stereocenters. The first kappa shape index (κ1) is 26.0. The SMILES string of the molecule is COc1ccc(CCNCC(COc2cccc3c2CCN3C=O)OC(=O)c2ccccc2)cc1OC. The Labute approximate surface area is 217 Å². The normalized spacial score (nSPS) is 13.0. The molecule has 0 radical (unpaired) electrons. The number of esters is 1. The Morgan fingerprint density at radius 2 is 1.81 bits per heavy atom. The molecule has 0 bridgehead atoms. The smallest absolute Gasteiger partial charge is 0.338 e. The first-order valence-corrected chi connectivity index (χ1v) is 12.3. The lowest BCUT2D eigenvalue weighted by Crippen LogP contribution is -2.36. The van der Waals surface area contributed by atoms with Gasteiger partial charge >= 0.3 is 5.97 Å². The molecule has 8 heteroatoms. The first-order chi connectivity index (χ1) is 18.1. The largest absolute Gasteiger partial charge is 0.493 e. The molecule has 0 spiro atoms. The Morgan fingerprint density at radius 1 is 1.00 bits per heavy atom. The molecule has 0 aromatic heterocycles. The summed E-state index contributed by atoms with van der Waals surface area (Å²) in [4.78, 5) is 25.7. The van der Waals surface area contributed by atoms with Crippen molar-refractivity contribution in [2.75, 3.05) is 45.4 Å². The summed E-state index contributed by atoms with van der Waals surface area (Å²) in [6.07, 6.45) is 1.80. The number of carbonyl (C=O) groups excluding carboxylic acids is 2. The Kier molecular flexibility index (Phi) is 8.99. The van der Waals surface area contributed by atoms with E-state index in [0.717, 1.165) is 36.1 Å². The summed E-state index contributed by atoms with van der Waals surface area (Å²) in [5.74, 6) is 1.67. The van der Waals surface area contributed by atoms with Crippen LogP contribution in [-0.4, -0.2) is 58.9 Å². The molecule has 4 rings (SSSR count). The van der Waals surface area contributed by atoms with Crippen LogP contribution in [-0.2, 0) is 22.4 Å². The van der Waals surface area contributed by atoms with Gasteiger partial charge in [0.25, 0.3) is 0 Å². The van der Waals surface area contributed by atoms with Gasteiger partial charge in [0.05, 0.1) is 25.5 Å². The molecule has 37 heavy (non-hydrogen) atoms. The fourth-order valence-electron chi connectivity index (χ4n) is 4.31. The van der Waals surface area contributed by atoms with E-state index in [-0.39, 0.29) is 6.61 Å². The van der Waals surface area contributed by atoms with Crippen LogP contribution >= 0.6 is 0 Å². The minimum absolute atomic E-state index is 0.180. The molecular formula is C29H32N2O6. The number of hydrogen-bond acceptors (Lipinski definition) is 7. The molecule has 0 aliphatic carbocycles. The van der Waals surface area contributed by atoms with Crippen molar-refractivity contribution in [3.63, 3.8) is 0 Å². The number of anilines is 1. The first-order valence-electron chi connectivity index (χ1n) is 12.3. The maximum atomic E-state index is 12.7. The Morgan fingerprint density at radius 3 is 2.57 bits per heavy atom. The van der Waals surface area contributed by atoms with Crippen molar-refractivity contribution in [1.29, 1.82) is 0 Å². The molecule has 1 atom stereocenters. The van der Waals surface area contributed by atoms with E-state index in [1.807, 2.05) is 42.5 Å². The fraction of sp³-hybridized carbons (Fsp3) is 0.310. The van der Waals surface area contributed by atoms with Crippen LogP contribution in [0.15, 0.2) is 66.7 Å². The second kappa shape index (κ2) is 12.8. The van der Waals surface area contributed by atoms with Crippen molar-refractivity contribution < 1.29 is 28.5 Å². The third-order valence-electron chi connectivity index (χ3n) is 6.27. The summed E-state index contributed by atoms with van der Waals surface area (Å²) in [6.45, 7) is 1.90. The molecule has 8 nitrogen and oxygen atoms in total. The van der Waals surface area contributed by atoms with Crippen molar-refractivity contribution in [2.24, 2.45) is 0 Å². The minimum atomic E-state index is -0.516. The number of fused-ring (bicyclic) bond motifs is 1. The van der Waals surface area contributed by atoms with Crippen LogP contribution < -0.4 is 24.4 Å². The minimum Gasteiger partial charge on any atom is -0.493 e. The second-order valence-electron chi connectivity index (χ2n) is 8.65. The van der Waals surface area contributed by atoms with Crippen LogP contribution in [0.5, 0.6) is 17.2 Å². The molecule has 3 aromatic rings. The highest BCUT2D eigenvalue weighted by Gasteiger charge is 2.23. The lowest BCUT2D eigenvalue weighted by molar-refractivity contribution is -0.107. The van der Waals surface area contributed by atoms with E-state index in [9.17, 15) is 9.59 Å². The highest BCUT2D eigenvalue weighted by molar-refractivity contribution is 5.89. The van der Waals surface area contributed by atoms with E-state index in [4.69, 9.17) is 18.9 Å². The number of nitrogens with one attached hydrogen (secondary N) is 1. The summed E-state index contributed by atoms with van der Waals surface area (Å²) in [5.41, 5.74) is 3.43. The number of amides is 1. The van der Waals surface area contributed by atoms with Crippen molar-refractivity contribution in [2.45, 2.75) is 18.9 Å². The number of benzene rings is 3. The van der Waals surface area contributed by atoms with Gasteiger partial charge in [-0.05, 0) is 61.3 Å². The molecule has 0 saturated carbocycles. The topological polar surface area (TPSA) is 86.3 Å². The average molecular weight is 505 g/mol. The van der Waals surface area contributed by atoms with E-state index in [1.54, 1.807) is 43.4 Å². The highest BCUT2D eigenvalue weighted by atomic mass is 16.6. The molecule has 1 amide bonds. The average Bonchev–Trinajstić information content (AvgIpc) is 3.38. The van der Waals surface area contributed by atoms with E-state index in [1.165, 1.54) is 0 Å². The number of methoxy groups -OCH3 is 2. The maximum Gasteiger partial charge on any atom is 0.338 e. The van der Waals surface area contributed by atoms with E-state index < -0.39 is 12.1 Å². The maximum absolute atomic E-state index is 12.7. The molecule has 1 aliphatic rings. The summed E-state index contributed by atoms with van der Waals surface area (Å²) < 4.78 is 22.6. The quantitative estimate of drug-likeness (QED) is 0.216. The van der Waals surface area contributed by atoms with Crippen LogP contribution in [0.25, 0.3) is 0 Å². The van der Waals surface area contributed by atoms with Gasteiger partial charge in [-0.2, -0.15) is 0 Å². The molecule has 1 aliphatic heterocycles. The van der Waals surface area contributed by atoms with Gasteiger partial charge in [0.2, 0.25) is 6.41 Å². The number of hydrogen-bond donors (Lipinski definition) is 1. The van der Waals surface area contributed by atoms with Gasteiger partial charge in [-0.15, -0.1) is 0 Å². The van der Waals surface area contributed by atoms with Crippen LogP contribution in [0.3, 0.4) is 0 Å². The van der Waals surface area contributed by atoms with Gasteiger partial charge in [0, 0.05) is 18.7 Å². The monoisotopic (exact) mass is 504 g/mol. The lowest BCUT2D eigenvalue weighted by Gasteiger charge is -2.20. The Balaban J connectivity index is 1.38. The molecule has 0 saturated heterocycles. The molecule has 3 aromatic carbocycles. The number of carbonyl (C=O) groups is 2. The summed E-state index contributed by atoms with van der Waals surface area (Å²) in [7, 11) is 3.23. The van der Waals surface area contributed by atoms with Crippen molar-refractivity contribution in [3.8, 4) is 17.2 Å². The predicted octanol–water partition coefficient (Wildman–Crippen LogP) is 3.66. The number of nitrogens with zero attached hydrogens (tertiary/aromatic N) is 1. The van der Waals surface area contributed by atoms with Crippen LogP contribution in [0.1, 0.15) is 21.5 Å². The van der Waals surface area contributed by atoms with Crippen LogP contribution in [0.4, 0.5) is 5.69 Å². The number of rotatable bonds is 13. The zero-order chi connectivity index (χ0) is 26.0. The lowest BCUT2D eigenvalue weighted by atomic mass is 10.1. The number of ether oxygens (including phenoxy) is 4. The summed E-state index contributed by atoms with van der Waals surface area (Å²) in [6, 6.07) is 20.4. The van der Waals surface area contributed by atoms with Gasteiger partial charge in [0.15, 0.2) is 11.5 Å². The second-order valence-corrected chi connectivity index (χ2v) is 8.65. The zero-order valence-corrected chi connectivity index (χ0v) is 21.1. The van der Waals surface area contributed by atoms with Gasteiger partial charge in [-0.3, -0.25) is 4.79 Å². The van der Waals surface area contributed by atoms with E-state index in [2.05, 4.69) is 5.32 Å². The van der Waals surface area contributed by atoms with E-state index >= 15 is 0 Å². The fourth-order valence-corrected chi connectivity index (χ4v) is 4.31. The van der Waals surface area contributed by atoms with Gasteiger partial charge < -0.3 is 29.2 Å². The molecular weight excluding hydrogens is 472 g/mol. The van der Waals surface area contributed by atoms with Gasteiger partial charge in [-0.1, -0.05) is 30.3 Å². The Bertz CT molecular complexity index is 1200. The van der Waals surface area contributed by atoms with Crippen LogP contribution in [0, 0.1) is 0 Å². The highest BCUT2D eigenvalue weighted by Crippen LogP contribution is 2.34. The zero-order valence-electron chi connectivity index (χ0n) is 21.1. The summed E-state index contributed by atoms with van der Waals surface area (Å²) >= 11 is 0. The Hall–Kier alpha value is -4.04. The van der Waals surface area contributed by atoms with Crippen molar-refractivity contribution >= 4 is 18.1 Å². The van der Waals surface area contributed by atoms with Gasteiger partial charge in [-0.25, -0.2) is 4.79 Å². The molecule has 194 valence electrons. The predicted molar refractivity (Wildman–Crippen MR) is 141 cm³/mol. The standard InChI is InChI=1S/C29H32N2O6/c1-34-27-12-11-21(17-28(27)35-2)13-15-30-18-23(37-29(33)22-7-4-3-5-8-22)19-36-26-10-6-9-25-24(26)14-16-31(25)20-32/h3-12,17,20,23,30H,13-16,18-19H2,1-2H3. The van der Waals surface area contributed by atoms with Crippen molar-refractivity contribution in [1.82, 2.24) is 5.32 Å². The van der Waals surface area contributed by atoms with E-state index in [0.29, 0.717) is 42.4 Å². The third kappa shape index (κ3) is 6.59. The molecule has 1 N–H and O–H groups in total. The van der Waals surface area contributed by atoms with Crippen LogP contribution in [0.2, 0.25) is 0 Å². The van der Waals surface area contributed by atoms with Gasteiger partial charge in [0.1, 0.15) is 18.5 Å². The van der Waals surface area contributed by atoms with Crippen molar-refractivity contribution in [3.05, 3.63) is 83.4 Å². The summed E-state index contributed by atoms with van der Waals surface area (Å²) in [5, 5.41) is 3.38. The molecule has 1 heterocycles. The molecule has 0 fully saturated rings. The third-order valence-corrected chi connectivity index (χ3v) is 6.27.